The van der Waals surface area contributed by atoms with E-state index >= 15 is 0 Å². The van der Waals surface area contributed by atoms with E-state index in [1.807, 2.05) is 6.07 Å². The van der Waals surface area contributed by atoms with Gasteiger partial charge in [-0.1, -0.05) is 36.4 Å². The van der Waals surface area contributed by atoms with Crippen LogP contribution in [-0.4, -0.2) is 7.11 Å². The van der Waals surface area contributed by atoms with Crippen LogP contribution in [0.2, 0.25) is 0 Å². The lowest BCUT2D eigenvalue weighted by atomic mass is 9.97. The predicted molar refractivity (Wildman–Crippen MR) is 76.9 cm³/mol. The normalized spacial score (nSPS) is 12.5. The molecule has 0 saturated heterocycles. The van der Waals surface area contributed by atoms with E-state index in [1.165, 1.54) is 32.7 Å². The highest BCUT2D eigenvalue weighted by Gasteiger charge is 2.11. The fourth-order valence-electron chi connectivity index (χ4n) is 2.84. The van der Waals surface area contributed by atoms with Gasteiger partial charge in [-0.2, -0.15) is 0 Å². The Kier molecular flexibility index (Phi) is 1.81. The first-order chi connectivity index (χ1) is 8.86. The number of fused-ring (bicyclic) bond motifs is 2. The van der Waals surface area contributed by atoms with Crippen LogP contribution in [0, 0.1) is 0 Å². The van der Waals surface area contributed by atoms with Gasteiger partial charge in [0.1, 0.15) is 5.75 Å². The van der Waals surface area contributed by atoms with E-state index in [-0.39, 0.29) is 0 Å². The highest BCUT2D eigenvalue weighted by molar-refractivity contribution is 6.16. The number of hydrogen-bond acceptors (Lipinski definition) is 1. The standard InChI is InChI=1S/C17H12O/c1-18-14-7-8-15-13(10-14)9-12-6-5-11-3-2-4-16(15)17(11)12/h2-10H,1H3. The number of hydrogen-bond donors (Lipinski definition) is 0. The Morgan fingerprint density at radius 2 is 1.72 bits per heavy atom. The van der Waals surface area contributed by atoms with Crippen LogP contribution in [0.5, 0.6) is 5.75 Å². The van der Waals surface area contributed by atoms with Gasteiger partial charge in [0, 0.05) is 0 Å². The highest BCUT2D eigenvalue weighted by Crippen LogP contribution is 2.37. The molecule has 0 saturated carbocycles. The summed E-state index contributed by atoms with van der Waals surface area (Å²) in [6, 6.07) is 15.0. The Balaban J connectivity index is 2.23. The minimum Gasteiger partial charge on any atom is -0.497 e. The number of benzene rings is 3. The summed E-state index contributed by atoms with van der Waals surface area (Å²) in [5, 5.41) is 5.23. The van der Waals surface area contributed by atoms with Gasteiger partial charge in [-0.25, -0.2) is 0 Å². The maximum atomic E-state index is 5.30. The molecule has 0 spiro atoms. The zero-order valence-corrected chi connectivity index (χ0v) is 10.1. The molecule has 0 aliphatic heterocycles. The predicted octanol–water partition coefficient (Wildman–Crippen LogP) is 4.49. The van der Waals surface area contributed by atoms with Crippen LogP contribution in [0.3, 0.4) is 0 Å². The molecular weight excluding hydrogens is 220 g/mol. The molecule has 0 heterocycles. The molecule has 18 heavy (non-hydrogen) atoms. The zero-order valence-electron chi connectivity index (χ0n) is 10.1. The van der Waals surface area contributed by atoms with Gasteiger partial charge >= 0.3 is 0 Å². The van der Waals surface area contributed by atoms with Crippen molar-refractivity contribution in [1.29, 1.82) is 0 Å². The average molecular weight is 232 g/mol. The summed E-state index contributed by atoms with van der Waals surface area (Å²) in [5.41, 5.74) is 2.63. The van der Waals surface area contributed by atoms with Crippen LogP contribution >= 0.6 is 0 Å². The smallest absolute Gasteiger partial charge is 0.119 e. The van der Waals surface area contributed by atoms with Crippen molar-refractivity contribution in [3.63, 3.8) is 0 Å². The lowest BCUT2D eigenvalue weighted by molar-refractivity contribution is 0.415. The van der Waals surface area contributed by atoms with Crippen LogP contribution in [-0.2, 0) is 0 Å². The van der Waals surface area contributed by atoms with E-state index in [2.05, 4.69) is 48.6 Å². The molecular formula is C17H12O. The molecule has 0 unspecified atom stereocenters. The highest BCUT2D eigenvalue weighted by atomic mass is 16.5. The Morgan fingerprint density at radius 3 is 2.61 bits per heavy atom. The Hall–Kier alpha value is -2.28. The first-order valence-corrected chi connectivity index (χ1v) is 6.08. The molecule has 1 nitrogen and oxygen atoms in total. The molecule has 0 amide bonds. The van der Waals surface area contributed by atoms with E-state index in [4.69, 9.17) is 4.74 Å². The fourth-order valence-corrected chi connectivity index (χ4v) is 2.84. The topological polar surface area (TPSA) is 9.23 Å². The Bertz CT molecular complexity index is 813. The van der Waals surface area contributed by atoms with Gasteiger partial charge in [0.15, 0.2) is 0 Å². The number of rotatable bonds is 1. The summed E-state index contributed by atoms with van der Waals surface area (Å²) in [7, 11) is 1.71. The molecule has 4 rings (SSSR count). The van der Waals surface area contributed by atoms with Crippen molar-refractivity contribution in [3.05, 3.63) is 53.6 Å². The van der Waals surface area contributed by atoms with Gasteiger partial charge in [0.05, 0.1) is 7.11 Å². The molecule has 86 valence electrons. The van der Waals surface area contributed by atoms with Crippen LogP contribution < -0.4 is 4.74 Å². The van der Waals surface area contributed by atoms with Crippen molar-refractivity contribution < 1.29 is 4.74 Å². The third-order valence-corrected chi connectivity index (χ3v) is 3.69. The molecule has 3 aromatic rings. The van der Waals surface area contributed by atoms with Crippen molar-refractivity contribution in [3.8, 4) is 5.75 Å². The van der Waals surface area contributed by atoms with Gasteiger partial charge in [-0.15, -0.1) is 0 Å². The summed E-state index contributed by atoms with van der Waals surface area (Å²) in [6.45, 7) is 0. The second-order valence-corrected chi connectivity index (χ2v) is 4.66. The molecule has 0 bridgehead atoms. The van der Waals surface area contributed by atoms with Gasteiger partial charge in [0.2, 0.25) is 0 Å². The lowest BCUT2D eigenvalue weighted by Crippen LogP contribution is -1.85. The van der Waals surface area contributed by atoms with Crippen molar-refractivity contribution in [1.82, 2.24) is 0 Å². The van der Waals surface area contributed by atoms with E-state index in [0.29, 0.717) is 0 Å². The molecule has 0 atom stereocenters. The molecule has 0 fully saturated rings. The molecule has 1 heteroatoms. The van der Waals surface area contributed by atoms with Crippen LogP contribution in [0.4, 0.5) is 0 Å². The minimum absolute atomic E-state index is 0.909. The fraction of sp³-hybridized carbons (Fsp3) is 0.0588. The third kappa shape index (κ3) is 1.16. The van der Waals surface area contributed by atoms with Crippen molar-refractivity contribution in [2.24, 2.45) is 0 Å². The van der Waals surface area contributed by atoms with Crippen molar-refractivity contribution in [2.45, 2.75) is 0 Å². The van der Waals surface area contributed by atoms with Gasteiger partial charge in [-0.3, -0.25) is 0 Å². The number of methoxy groups -OCH3 is 1. The molecule has 1 aliphatic rings. The van der Waals surface area contributed by atoms with Crippen LogP contribution in [0.25, 0.3) is 33.7 Å². The van der Waals surface area contributed by atoms with Gasteiger partial charge < -0.3 is 4.74 Å². The summed E-state index contributed by atoms with van der Waals surface area (Å²) < 4.78 is 5.30. The lowest BCUT2D eigenvalue weighted by Gasteiger charge is -2.08. The quantitative estimate of drug-likeness (QED) is 0.439. The first kappa shape index (κ1) is 9.72. The summed E-state index contributed by atoms with van der Waals surface area (Å²) in [6.07, 6.45) is 4.38. The molecule has 0 aromatic heterocycles. The Morgan fingerprint density at radius 1 is 0.833 bits per heavy atom. The van der Waals surface area contributed by atoms with E-state index in [9.17, 15) is 0 Å². The van der Waals surface area contributed by atoms with Crippen LogP contribution in [0.1, 0.15) is 11.1 Å². The molecule has 1 aliphatic carbocycles. The largest absolute Gasteiger partial charge is 0.497 e. The second-order valence-electron chi connectivity index (χ2n) is 4.66. The average Bonchev–Trinajstić information content (AvgIpc) is 2.83. The monoisotopic (exact) mass is 232 g/mol. The van der Waals surface area contributed by atoms with E-state index in [1.54, 1.807) is 7.11 Å². The second kappa shape index (κ2) is 3.36. The van der Waals surface area contributed by atoms with Crippen LogP contribution in [0.15, 0.2) is 42.5 Å². The van der Waals surface area contributed by atoms with E-state index in [0.717, 1.165) is 5.75 Å². The molecule has 0 N–H and O–H groups in total. The molecule has 3 aromatic carbocycles. The summed E-state index contributed by atoms with van der Waals surface area (Å²) in [4.78, 5) is 0. The van der Waals surface area contributed by atoms with Crippen molar-refractivity contribution in [2.75, 3.05) is 7.11 Å². The SMILES string of the molecule is COc1ccc2c(c1)cc1c3c(cccc32)C=C1. The number of ether oxygens (including phenoxy) is 1. The van der Waals surface area contributed by atoms with Gasteiger partial charge in [-0.05, 0) is 50.9 Å². The first-order valence-electron chi connectivity index (χ1n) is 6.08. The summed E-state index contributed by atoms with van der Waals surface area (Å²) >= 11 is 0. The van der Waals surface area contributed by atoms with Gasteiger partial charge in [0.25, 0.3) is 0 Å². The maximum Gasteiger partial charge on any atom is 0.119 e. The minimum atomic E-state index is 0.909. The Labute approximate surface area is 105 Å². The molecule has 0 radical (unpaired) electrons. The third-order valence-electron chi connectivity index (χ3n) is 3.69. The maximum absolute atomic E-state index is 5.30. The summed E-state index contributed by atoms with van der Waals surface area (Å²) in [5.74, 6) is 0.909. The van der Waals surface area contributed by atoms with Crippen molar-refractivity contribution >= 4 is 33.7 Å². The zero-order chi connectivity index (χ0) is 12.1. The van der Waals surface area contributed by atoms with E-state index < -0.39 is 0 Å².